The summed E-state index contributed by atoms with van der Waals surface area (Å²) in [5, 5.41) is 3.53. The van der Waals surface area contributed by atoms with Crippen molar-refractivity contribution in [2.75, 3.05) is 20.1 Å². The molecular weight excluding hydrogens is 232 g/mol. The van der Waals surface area contributed by atoms with Crippen molar-refractivity contribution >= 4 is 0 Å². The molecule has 2 nitrogen and oxygen atoms in total. The molecule has 0 spiro atoms. The standard InChI is InChI=1S/C17H30N2/c1-15-9-8-10-16(13-15)14-19(5)12-7-6-11-18-17(2,3)4/h8-10,13,18H,6-7,11-12,14H2,1-5H3. The van der Waals surface area contributed by atoms with Crippen LogP contribution in [0.1, 0.15) is 44.7 Å². The second-order valence-corrected chi connectivity index (χ2v) is 6.61. The van der Waals surface area contributed by atoms with Crippen LogP contribution in [0.4, 0.5) is 0 Å². The number of aryl methyl sites for hydroxylation is 1. The van der Waals surface area contributed by atoms with Gasteiger partial charge < -0.3 is 10.2 Å². The zero-order valence-electron chi connectivity index (χ0n) is 13.3. The molecule has 0 bridgehead atoms. The molecule has 0 atom stereocenters. The van der Waals surface area contributed by atoms with Crippen LogP contribution in [-0.2, 0) is 6.54 Å². The van der Waals surface area contributed by atoms with E-state index < -0.39 is 0 Å². The first-order valence-electron chi connectivity index (χ1n) is 7.36. The van der Waals surface area contributed by atoms with Gasteiger partial charge in [0.2, 0.25) is 0 Å². The minimum absolute atomic E-state index is 0.244. The van der Waals surface area contributed by atoms with Gasteiger partial charge in [0.05, 0.1) is 0 Å². The molecule has 2 heteroatoms. The summed E-state index contributed by atoms with van der Waals surface area (Å²) in [7, 11) is 2.21. The lowest BCUT2D eigenvalue weighted by Gasteiger charge is -2.21. The monoisotopic (exact) mass is 262 g/mol. The molecule has 0 amide bonds. The van der Waals surface area contributed by atoms with E-state index in [0.29, 0.717) is 0 Å². The molecule has 108 valence electrons. The summed E-state index contributed by atoms with van der Waals surface area (Å²) in [4.78, 5) is 2.41. The molecular formula is C17H30N2. The van der Waals surface area contributed by atoms with Gasteiger partial charge in [-0.05, 0) is 66.2 Å². The summed E-state index contributed by atoms with van der Waals surface area (Å²) < 4.78 is 0. The van der Waals surface area contributed by atoms with Crippen molar-refractivity contribution in [2.45, 2.75) is 52.6 Å². The zero-order valence-corrected chi connectivity index (χ0v) is 13.3. The molecule has 1 aromatic rings. The minimum atomic E-state index is 0.244. The number of unbranched alkanes of at least 4 members (excludes halogenated alkanes) is 1. The molecule has 0 saturated carbocycles. The molecule has 0 aliphatic carbocycles. The molecule has 0 fully saturated rings. The Morgan fingerprint density at radius 3 is 2.53 bits per heavy atom. The van der Waals surface area contributed by atoms with Crippen LogP contribution in [0, 0.1) is 6.92 Å². The van der Waals surface area contributed by atoms with Crippen molar-refractivity contribution in [3.8, 4) is 0 Å². The Balaban J connectivity index is 2.16. The lowest BCUT2D eigenvalue weighted by molar-refractivity contribution is 0.313. The first-order chi connectivity index (χ1) is 8.87. The fraction of sp³-hybridized carbons (Fsp3) is 0.647. The molecule has 0 saturated heterocycles. The predicted molar refractivity (Wildman–Crippen MR) is 84.5 cm³/mol. The second kappa shape index (κ2) is 7.66. The van der Waals surface area contributed by atoms with Crippen molar-refractivity contribution in [1.82, 2.24) is 10.2 Å². The van der Waals surface area contributed by atoms with Gasteiger partial charge in [-0.1, -0.05) is 29.8 Å². The largest absolute Gasteiger partial charge is 0.312 e. The van der Waals surface area contributed by atoms with Crippen LogP contribution in [0.3, 0.4) is 0 Å². The van der Waals surface area contributed by atoms with E-state index in [2.05, 4.69) is 69.2 Å². The molecule has 0 unspecified atom stereocenters. The fourth-order valence-corrected chi connectivity index (χ4v) is 2.17. The van der Waals surface area contributed by atoms with Crippen LogP contribution in [0.5, 0.6) is 0 Å². The van der Waals surface area contributed by atoms with Gasteiger partial charge in [0.1, 0.15) is 0 Å². The highest BCUT2D eigenvalue weighted by molar-refractivity contribution is 5.21. The van der Waals surface area contributed by atoms with Gasteiger partial charge >= 0.3 is 0 Å². The normalized spacial score (nSPS) is 12.1. The summed E-state index contributed by atoms with van der Waals surface area (Å²) in [5.41, 5.74) is 3.00. The highest BCUT2D eigenvalue weighted by Crippen LogP contribution is 2.07. The zero-order chi connectivity index (χ0) is 14.3. The van der Waals surface area contributed by atoms with Gasteiger partial charge in [-0.2, -0.15) is 0 Å². The number of nitrogens with zero attached hydrogens (tertiary/aromatic N) is 1. The van der Waals surface area contributed by atoms with Gasteiger partial charge in [-0.15, -0.1) is 0 Å². The number of hydrogen-bond donors (Lipinski definition) is 1. The second-order valence-electron chi connectivity index (χ2n) is 6.61. The molecule has 1 N–H and O–H groups in total. The van der Waals surface area contributed by atoms with Gasteiger partial charge in [-0.3, -0.25) is 0 Å². The minimum Gasteiger partial charge on any atom is -0.312 e. The average molecular weight is 262 g/mol. The fourth-order valence-electron chi connectivity index (χ4n) is 2.17. The SMILES string of the molecule is Cc1cccc(CN(C)CCCCNC(C)(C)C)c1. The van der Waals surface area contributed by atoms with Crippen molar-refractivity contribution in [3.05, 3.63) is 35.4 Å². The van der Waals surface area contributed by atoms with Gasteiger partial charge in [-0.25, -0.2) is 0 Å². The van der Waals surface area contributed by atoms with Crippen molar-refractivity contribution < 1.29 is 0 Å². The van der Waals surface area contributed by atoms with E-state index >= 15 is 0 Å². The van der Waals surface area contributed by atoms with Gasteiger partial charge in [0.25, 0.3) is 0 Å². The maximum Gasteiger partial charge on any atom is 0.0230 e. The van der Waals surface area contributed by atoms with Crippen LogP contribution in [-0.4, -0.2) is 30.6 Å². The van der Waals surface area contributed by atoms with Crippen LogP contribution in [0.2, 0.25) is 0 Å². The Kier molecular flexibility index (Phi) is 6.53. The Labute approximate surface area is 119 Å². The van der Waals surface area contributed by atoms with Crippen LogP contribution >= 0.6 is 0 Å². The predicted octanol–water partition coefficient (Wildman–Crippen LogP) is 3.60. The maximum atomic E-state index is 3.53. The third kappa shape index (κ3) is 8.02. The smallest absolute Gasteiger partial charge is 0.0230 e. The molecule has 19 heavy (non-hydrogen) atoms. The number of nitrogens with one attached hydrogen (secondary N) is 1. The van der Waals surface area contributed by atoms with E-state index in [1.54, 1.807) is 0 Å². The van der Waals surface area contributed by atoms with E-state index in [1.807, 2.05) is 0 Å². The van der Waals surface area contributed by atoms with Crippen LogP contribution < -0.4 is 5.32 Å². The topological polar surface area (TPSA) is 15.3 Å². The van der Waals surface area contributed by atoms with Crippen molar-refractivity contribution in [3.63, 3.8) is 0 Å². The molecule has 0 heterocycles. The van der Waals surface area contributed by atoms with Gasteiger partial charge in [0, 0.05) is 12.1 Å². The van der Waals surface area contributed by atoms with Gasteiger partial charge in [0.15, 0.2) is 0 Å². The first kappa shape index (κ1) is 16.2. The lowest BCUT2D eigenvalue weighted by atomic mass is 10.1. The van der Waals surface area contributed by atoms with E-state index in [9.17, 15) is 0 Å². The Morgan fingerprint density at radius 1 is 1.16 bits per heavy atom. The quantitative estimate of drug-likeness (QED) is 0.755. The van der Waals surface area contributed by atoms with E-state index in [1.165, 1.54) is 30.5 Å². The summed E-state index contributed by atoms with van der Waals surface area (Å²) in [6.45, 7) is 12.1. The van der Waals surface area contributed by atoms with Crippen LogP contribution in [0.15, 0.2) is 24.3 Å². The van der Waals surface area contributed by atoms with Crippen molar-refractivity contribution in [2.24, 2.45) is 0 Å². The molecule has 0 aliphatic rings. The number of benzene rings is 1. The highest BCUT2D eigenvalue weighted by Gasteiger charge is 2.07. The number of hydrogen-bond acceptors (Lipinski definition) is 2. The lowest BCUT2D eigenvalue weighted by Crippen LogP contribution is -2.36. The van der Waals surface area contributed by atoms with Crippen LogP contribution in [0.25, 0.3) is 0 Å². The first-order valence-corrected chi connectivity index (χ1v) is 7.36. The van der Waals surface area contributed by atoms with Crippen molar-refractivity contribution in [1.29, 1.82) is 0 Å². The number of rotatable bonds is 7. The Hall–Kier alpha value is -0.860. The van der Waals surface area contributed by atoms with E-state index in [0.717, 1.165) is 13.1 Å². The Bertz CT molecular complexity index is 366. The summed E-state index contributed by atoms with van der Waals surface area (Å²) in [6.07, 6.45) is 2.50. The third-order valence-corrected chi connectivity index (χ3v) is 3.16. The molecule has 1 rings (SSSR count). The van der Waals surface area contributed by atoms with E-state index in [-0.39, 0.29) is 5.54 Å². The summed E-state index contributed by atoms with van der Waals surface area (Å²) in [5.74, 6) is 0. The molecule has 0 aliphatic heterocycles. The average Bonchev–Trinajstić information content (AvgIpc) is 2.26. The van der Waals surface area contributed by atoms with E-state index in [4.69, 9.17) is 0 Å². The summed E-state index contributed by atoms with van der Waals surface area (Å²) >= 11 is 0. The maximum absolute atomic E-state index is 3.53. The molecule has 1 aromatic carbocycles. The summed E-state index contributed by atoms with van der Waals surface area (Å²) in [6, 6.07) is 8.79. The third-order valence-electron chi connectivity index (χ3n) is 3.16. The molecule has 0 aromatic heterocycles. The molecule has 0 radical (unpaired) electrons. The highest BCUT2D eigenvalue weighted by atomic mass is 15.1. The Morgan fingerprint density at radius 2 is 1.89 bits per heavy atom.